The molecule has 6 heteroatoms. The molecule has 2 N–H and O–H groups in total. The Balaban J connectivity index is 2.34. The minimum atomic E-state index is -2.50. The Hall–Kier alpha value is -0.221. The van der Waals surface area contributed by atoms with E-state index in [1.165, 1.54) is 0 Å². The molecule has 17 heavy (non-hydrogen) atoms. The summed E-state index contributed by atoms with van der Waals surface area (Å²) in [6, 6.07) is -0.270. The van der Waals surface area contributed by atoms with Gasteiger partial charge < -0.3 is 0 Å². The second-order valence-corrected chi connectivity index (χ2v) is 8.36. The Morgan fingerprint density at radius 1 is 1.65 bits per heavy atom. The van der Waals surface area contributed by atoms with Crippen LogP contribution in [0.4, 0.5) is 0 Å². The van der Waals surface area contributed by atoms with E-state index in [0.717, 1.165) is 5.57 Å². The fraction of sp³-hybridized carbons (Fsp3) is 0.727. The third-order valence-corrected chi connectivity index (χ3v) is 7.54. The van der Waals surface area contributed by atoms with Gasteiger partial charge in [-0.2, -0.15) is 0 Å². The molecule has 0 spiro atoms. The van der Waals surface area contributed by atoms with E-state index in [1.54, 1.807) is 4.97 Å². The van der Waals surface area contributed by atoms with E-state index in [0.29, 0.717) is 12.3 Å². The van der Waals surface area contributed by atoms with Gasteiger partial charge in [-0.15, -0.1) is 0 Å². The first-order chi connectivity index (χ1) is 7.96. The molecule has 1 saturated heterocycles. The first kappa shape index (κ1) is 13.2. The number of amides is 1. The van der Waals surface area contributed by atoms with Gasteiger partial charge in [0.15, 0.2) is 0 Å². The molecule has 0 bridgehead atoms. The average Bonchev–Trinajstić information content (AvgIpc) is 2.46. The Labute approximate surface area is 109 Å². The van der Waals surface area contributed by atoms with Crippen LogP contribution in [0, 0.1) is 5.92 Å². The molecule has 0 saturated carbocycles. The second kappa shape index (κ2) is 4.47. The topological polar surface area (TPSA) is 66.4 Å². The summed E-state index contributed by atoms with van der Waals surface area (Å²) >= 11 is 3.19. The number of rotatable bonds is 4. The summed E-state index contributed by atoms with van der Waals surface area (Å²) in [7, 11) is 0. The summed E-state index contributed by atoms with van der Waals surface area (Å²) in [6.07, 6.45) is -0.241. The molecule has 96 valence electrons. The molecule has 0 aromatic heterocycles. The van der Waals surface area contributed by atoms with Crippen molar-refractivity contribution < 1.29 is 13.7 Å². The van der Waals surface area contributed by atoms with Gasteiger partial charge >= 0.3 is 109 Å². The van der Waals surface area contributed by atoms with E-state index in [-0.39, 0.29) is 17.9 Å². The molecule has 2 heterocycles. The van der Waals surface area contributed by atoms with E-state index in [1.807, 2.05) is 13.8 Å². The molecule has 1 fully saturated rings. The predicted octanol–water partition coefficient (Wildman–Crippen LogP) is 0.772. The molecule has 0 aromatic rings. The predicted molar refractivity (Wildman–Crippen MR) is 65.3 cm³/mol. The van der Waals surface area contributed by atoms with Crippen LogP contribution in [-0.2, 0) is 8.63 Å². The molecule has 2 rings (SSSR count). The molecule has 4 nitrogen and oxygen atoms in total. The van der Waals surface area contributed by atoms with Gasteiger partial charge in [-0.1, -0.05) is 0 Å². The van der Waals surface area contributed by atoms with Gasteiger partial charge in [-0.05, 0) is 0 Å². The van der Waals surface area contributed by atoms with Crippen LogP contribution in [0.5, 0.6) is 0 Å². The van der Waals surface area contributed by atoms with Crippen molar-refractivity contribution in [3.05, 3.63) is 10.5 Å². The number of aliphatic hydroxyl groups is 1. The normalized spacial score (nSPS) is 37.2. The van der Waals surface area contributed by atoms with Gasteiger partial charge in [-0.3, -0.25) is 0 Å². The van der Waals surface area contributed by atoms with E-state index in [9.17, 15) is 13.7 Å². The van der Waals surface area contributed by atoms with Crippen molar-refractivity contribution in [2.24, 2.45) is 5.92 Å². The van der Waals surface area contributed by atoms with Gasteiger partial charge in [0.1, 0.15) is 0 Å². The summed E-state index contributed by atoms with van der Waals surface area (Å²) in [5, 5.41) is 13.0. The van der Waals surface area contributed by atoms with Gasteiger partial charge in [0.2, 0.25) is 0 Å². The number of β-lactam (4-membered cyclic amide) rings is 1. The van der Waals surface area contributed by atoms with Crippen LogP contribution >= 0.6 is 11.6 Å². The number of alkyl halides is 1. The van der Waals surface area contributed by atoms with Gasteiger partial charge in [0, 0.05) is 0 Å². The van der Waals surface area contributed by atoms with Crippen LogP contribution in [0.15, 0.2) is 10.5 Å². The molecule has 0 aliphatic carbocycles. The zero-order valence-electron chi connectivity index (χ0n) is 9.77. The van der Waals surface area contributed by atoms with Crippen LogP contribution in [0.25, 0.3) is 0 Å². The first-order valence-corrected chi connectivity index (χ1v) is 8.70. The minimum absolute atomic E-state index is 0.0903. The number of carbonyl (C=O) groups is 1. The van der Waals surface area contributed by atoms with Gasteiger partial charge in [-0.25, -0.2) is 0 Å². The molecule has 2 aliphatic rings. The van der Waals surface area contributed by atoms with Crippen molar-refractivity contribution in [1.82, 2.24) is 5.32 Å². The van der Waals surface area contributed by atoms with Crippen molar-refractivity contribution in [3.8, 4) is 0 Å². The van der Waals surface area contributed by atoms with Gasteiger partial charge in [0.05, 0.1) is 0 Å². The number of aliphatic hydroxyl groups excluding tert-OH is 1. The van der Waals surface area contributed by atoms with E-state index in [4.69, 9.17) is 11.6 Å². The molecule has 0 radical (unpaired) electrons. The Bertz CT molecular complexity index is 410. The van der Waals surface area contributed by atoms with Crippen molar-refractivity contribution in [2.75, 3.05) is 5.88 Å². The van der Waals surface area contributed by atoms with Crippen LogP contribution in [0.2, 0.25) is 4.31 Å². The van der Waals surface area contributed by atoms with Crippen LogP contribution < -0.4 is 5.32 Å². The maximum absolute atomic E-state index is 12.3. The first-order valence-electron chi connectivity index (χ1n) is 5.62. The van der Waals surface area contributed by atoms with Crippen molar-refractivity contribution in [3.63, 3.8) is 0 Å². The molecule has 1 unspecified atom stereocenters. The van der Waals surface area contributed by atoms with Crippen LogP contribution in [-0.4, -0.2) is 42.9 Å². The molecule has 1 amide bonds. The summed E-state index contributed by atoms with van der Waals surface area (Å²) in [5.41, 5.74) is 0.916. The number of carbonyl (C=O) groups excluding carboxylic acids is 1. The number of hydrogen-bond acceptors (Lipinski definition) is 3. The monoisotopic (exact) mass is 325 g/mol. The van der Waals surface area contributed by atoms with Crippen LogP contribution in [0.3, 0.4) is 0 Å². The maximum atomic E-state index is 12.3. The average molecular weight is 325 g/mol. The Morgan fingerprint density at radius 3 is 2.76 bits per heavy atom. The fourth-order valence-electron chi connectivity index (χ4n) is 2.51. The van der Waals surface area contributed by atoms with E-state index in [2.05, 4.69) is 5.32 Å². The zero-order chi connectivity index (χ0) is 12.8. The quantitative estimate of drug-likeness (QED) is 0.456. The fourth-order valence-corrected chi connectivity index (χ4v) is 6.76. The summed E-state index contributed by atoms with van der Waals surface area (Å²) in [4.78, 5) is 13.5. The number of halogens is 1. The third kappa shape index (κ3) is 1.64. The molecule has 0 aromatic carbocycles. The molecular weight excluding hydrogens is 309 g/mol. The van der Waals surface area contributed by atoms with E-state index >= 15 is 0 Å². The summed E-state index contributed by atoms with van der Waals surface area (Å²) in [6.45, 7) is 3.67. The molecule has 2 aliphatic heterocycles. The van der Waals surface area contributed by atoms with Crippen LogP contribution in [0.1, 0.15) is 20.3 Å². The number of nitrogens with one attached hydrogen (secondary N) is 1. The Morgan fingerprint density at radius 2 is 2.29 bits per heavy atom. The Kier molecular flexibility index (Phi) is 3.47. The zero-order valence-corrected chi connectivity index (χ0v) is 12.2. The third-order valence-electron chi connectivity index (χ3n) is 3.48. The molecule has 4 atom stereocenters. The summed E-state index contributed by atoms with van der Waals surface area (Å²) < 4.78 is 11.2. The standard InChI is InChI=1S/C11H16ClNO3Se/c1-6(2)9(14)11-8(13-10(11)15)7(3-4-12)5-17(11)16/h5-6,8-9,14H,3-4H2,1-2H3,(H,13,15)/t8-,9-,11-,17?/m0/s1. The molecular formula is C11H16ClNO3Se. The van der Waals surface area contributed by atoms with E-state index < -0.39 is 24.3 Å². The number of fused-ring (bicyclic) bond motifs is 1. The van der Waals surface area contributed by atoms with Crippen molar-refractivity contribution in [2.45, 2.75) is 36.7 Å². The SMILES string of the molecule is CC(C)[C@H](O)[C@]12C(=O)N[C@H]1C(CCCl)=C[Se]2=O. The number of hydrogen-bond donors (Lipinski definition) is 2. The van der Waals surface area contributed by atoms with Crippen molar-refractivity contribution >= 4 is 31.3 Å². The van der Waals surface area contributed by atoms with Gasteiger partial charge in [0.25, 0.3) is 0 Å². The summed E-state index contributed by atoms with van der Waals surface area (Å²) in [5.74, 6) is 0.0716. The van der Waals surface area contributed by atoms with Crippen molar-refractivity contribution in [1.29, 1.82) is 0 Å². The second-order valence-electron chi connectivity index (χ2n) is 4.82.